The van der Waals surface area contributed by atoms with Crippen molar-refractivity contribution in [1.29, 1.82) is 0 Å². The van der Waals surface area contributed by atoms with Gasteiger partial charge in [0.15, 0.2) is 0 Å². The third kappa shape index (κ3) is 7.51. The van der Waals surface area contributed by atoms with E-state index in [0.717, 1.165) is 18.4 Å². The lowest BCUT2D eigenvalue weighted by Crippen LogP contribution is -2.33. The monoisotopic (exact) mass is 296 g/mol. The average molecular weight is 296 g/mol. The molecule has 1 aromatic heterocycles. The number of hydrogen-bond acceptors (Lipinski definition) is 5. The van der Waals surface area contributed by atoms with Crippen LogP contribution in [-0.4, -0.2) is 41.5 Å². The highest BCUT2D eigenvalue weighted by molar-refractivity contribution is 5.67. The number of hydrogen-bond donors (Lipinski definition) is 2. The van der Waals surface area contributed by atoms with Gasteiger partial charge in [0.25, 0.3) is 0 Å². The molecule has 6 heteroatoms. The molecule has 2 N–H and O–H groups in total. The Labute approximate surface area is 125 Å². The van der Waals surface area contributed by atoms with E-state index in [1.807, 2.05) is 26.8 Å². The summed E-state index contributed by atoms with van der Waals surface area (Å²) >= 11 is 0. The van der Waals surface area contributed by atoms with Gasteiger partial charge < -0.3 is 19.9 Å². The Hall–Kier alpha value is -1.82. The lowest BCUT2D eigenvalue weighted by atomic mass is 10.1. The van der Waals surface area contributed by atoms with Crippen LogP contribution in [-0.2, 0) is 11.2 Å². The average Bonchev–Trinajstić information content (AvgIpc) is 2.40. The standard InChI is InChI=1S/C15H24N2O4/c1-15(2,3)21-14(19)17-7-4-5-12-6-8-16-11-13(12)20-10-9-18/h6,8,11,18H,4-5,7,9-10H2,1-3H3,(H,17,19). The molecule has 0 aromatic carbocycles. The molecule has 6 nitrogen and oxygen atoms in total. The van der Waals surface area contributed by atoms with Gasteiger partial charge in [-0.3, -0.25) is 4.98 Å². The van der Waals surface area contributed by atoms with Crippen LogP contribution in [0.3, 0.4) is 0 Å². The number of ether oxygens (including phenoxy) is 2. The smallest absolute Gasteiger partial charge is 0.407 e. The molecule has 0 radical (unpaired) electrons. The largest absolute Gasteiger partial charge is 0.489 e. The molecule has 1 amide bonds. The van der Waals surface area contributed by atoms with Crippen molar-refractivity contribution in [2.45, 2.75) is 39.2 Å². The Balaban J connectivity index is 2.34. The molecular formula is C15H24N2O4. The summed E-state index contributed by atoms with van der Waals surface area (Å²) in [6.45, 7) is 6.22. The molecule has 0 fully saturated rings. The maximum Gasteiger partial charge on any atom is 0.407 e. The van der Waals surface area contributed by atoms with Crippen molar-refractivity contribution in [1.82, 2.24) is 10.3 Å². The molecule has 0 aliphatic carbocycles. The van der Waals surface area contributed by atoms with Crippen molar-refractivity contribution in [3.63, 3.8) is 0 Å². The molecule has 1 heterocycles. The zero-order valence-corrected chi connectivity index (χ0v) is 12.9. The third-order valence-corrected chi connectivity index (χ3v) is 2.51. The summed E-state index contributed by atoms with van der Waals surface area (Å²) in [7, 11) is 0. The van der Waals surface area contributed by atoms with Crippen molar-refractivity contribution in [2.24, 2.45) is 0 Å². The fourth-order valence-corrected chi connectivity index (χ4v) is 1.68. The number of aromatic nitrogens is 1. The molecule has 21 heavy (non-hydrogen) atoms. The quantitative estimate of drug-likeness (QED) is 0.751. The first-order valence-electron chi connectivity index (χ1n) is 7.06. The summed E-state index contributed by atoms with van der Waals surface area (Å²) < 4.78 is 10.6. The highest BCUT2D eigenvalue weighted by Crippen LogP contribution is 2.17. The highest BCUT2D eigenvalue weighted by atomic mass is 16.6. The van der Waals surface area contributed by atoms with Crippen LogP contribution in [0.2, 0.25) is 0 Å². The van der Waals surface area contributed by atoms with Gasteiger partial charge in [-0.2, -0.15) is 0 Å². The number of alkyl carbamates (subject to hydrolysis) is 1. The van der Waals surface area contributed by atoms with Crippen LogP contribution in [0.25, 0.3) is 0 Å². The summed E-state index contributed by atoms with van der Waals surface area (Å²) in [6.07, 6.45) is 4.43. The Bertz CT molecular complexity index is 444. The molecule has 0 atom stereocenters. The number of carbonyl (C=O) groups is 1. The lowest BCUT2D eigenvalue weighted by Gasteiger charge is -2.19. The van der Waals surface area contributed by atoms with Crippen LogP contribution in [0.4, 0.5) is 4.79 Å². The maximum absolute atomic E-state index is 11.5. The molecule has 0 aliphatic rings. The topological polar surface area (TPSA) is 80.7 Å². The fourth-order valence-electron chi connectivity index (χ4n) is 1.68. The predicted molar refractivity (Wildman–Crippen MR) is 79.4 cm³/mol. The van der Waals surface area contributed by atoms with E-state index in [1.54, 1.807) is 12.4 Å². The van der Waals surface area contributed by atoms with Crippen LogP contribution >= 0.6 is 0 Å². The first-order chi connectivity index (χ1) is 9.92. The number of pyridine rings is 1. The number of amides is 1. The number of aryl methyl sites for hydroxylation is 1. The van der Waals surface area contributed by atoms with E-state index in [2.05, 4.69) is 10.3 Å². The van der Waals surface area contributed by atoms with Gasteiger partial charge in [-0.25, -0.2) is 4.79 Å². The summed E-state index contributed by atoms with van der Waals surface area (Å²) in [5, 5.41) is 11.5. The Kier molecular flexibility index (Phi) is 6.94. The minimum absolute atomic E-state index is 0.0332. The lowest BCUT2D eigenvalue weighted by molar-refractivity contribution is 0.0527. The SMILES string of the molecule is CC(C)(C)OC(=O)NCCCc1ccncc1OCCO. The molecular weight excluding hydrogens is 272 g/mol. The van der Waals surface area contributed by atoms with Crippen molar-refractivity contribution in [3.8, 4) is 5.75 Å². The van der Waals surface area contributed by atoms with Crippen LogP contribution in [0.1, 0.15) is 32.8 Å². The van der Waals surface area contributed by atoms with Gasteiger partial charge in [0, 0.05) is 12.7 Å². The Morgan fingerprint density at radius 3 is 2.86 bits per heavy atom. The minimum atomic E-state index is -0.486. The zero-order chi connectivity index (χ0) is 15.7. The number of rotatable bonds is 7. The normalized spacial score (nSPS) is 11.0. The molecule has 0 aliphatic heterocycles. The van der Waals surface area contributed by atoms with Crippen LogP contribution in [0.15, 0.2) is 18.5 Å². The second-order valence-corrected chi connectivity index (χ2v) is 5.59. The second-order valence-electron chi connectivity index (χ2n) is 5.59. The number of aliphatic hydroxyl groups is 1. The Morgan fingerprint density at radius 2 is 2.19 bits per heavy atom. The van der Waals surface area contributed by atoms with Gasteiger partial charge in [-0.15, -0.1) is 0 Å². The molecule has 1 aromatic rings. The molecule has 0 bridgehead atoms. The van der Waals surface area contributed by atoms with Gasteiger partial charge in [0.1, 0.15) is 18.0 Å². The molecule has 118 valence electrons. The van der Waals surface area contributed by atoms with Crippen LogP contribution < -0.4 is 10.1 Å². The van der Waals surface area contributed by atoms with E-state index >= 15 is 0 Å². The first-order valence-corrected chi connectivity index (χ1v) is 7.06. The van der Waals surface area contributed by atoms with E-state index in [0.29, 0.717) is 12.3 Å². The molecule has 0 saturated carbocycles. The van der Waals surface area contributed by atoms with Gasteiger partial charge in [-0.1, -0.05) is 0 Å². The van der Waals surface area contributed by atoms with Crippen molar-refractivity contribution in [2.75, 3.05) is 19.8 Å². The van der Waals surface area contributed by atoms with Gasteiger partial charge in [-0.05, 0) is 45.2 Å². The van der Waals surface area contributed by atoms with E-state index in [1.165, 1.54) is 0 Å². The van der Waals surface area contributed by atoms with Gasteiger partial charge in [0.05, 0.1) is 12.8 Å². The summed E-state index contributed by atoms with van der Waals surface area (Å²) in [4.78, 5) is 15.5. The number of aliphatic hydroxyl groups excluding tert-OH is 1. The maximum atomic E-state index is 11.5. The van der Waals surface area contributed by atoms with Crippen molar-refractivity contribution < 1.29 is 19.4 Å². The van der Waals surface area contributed by atoms with Crippen LogP contribution in [0.5, 0.6) is 5.75 Å². The third-order valence-electron chi connectivity index (χ3n) is 2.51. The second kappa shape index (κ2) is 8.46. The van der Waals surface area contributed by atoms with E-state index < -0.39 is 11.7 Å². The first kappa shape index (κ1) is 17.2. The van der Waals surface area contributed by atoms with E-state index in [-0.39, 0.29) is 13.2 Å². The number of carbonyl (C=O) groups excluding carboxylic acids is 1. The van der Waals surface area contributed by atoms with Gasteiger partial charge >= 0.3 is 6.09 Å². The zero-order valence-electron chi connectivity index (χ0n) is 12.9. The molecule has 1 rings (SSSR count). The van der Waals surface area contributed by atoms with E-state index in [9.17, 15) is 4.79 Å². The molecule has 0 unspecified atom stereocenters. The number of nitrogens with zero attached hydrogens (tertiary/aromatic N) is 1. The van der Waals surface area contributed by atoms with Crippen molar-refractivity contribution >= 4 is 6.09 Å². The summed E-state index contributed by atoms with van der Waals surface area (Å²) in [5.41, 5.74) is 0.518. The fraction of sp³-hybridized carbons (Fsp3) is 0.600. The summed E-state index contributed by atoms with van der Waals surface area (Å²) in [6, 6.07) is 1.88. The molecule has 0 saturated heterocycles. The van der Waals surface area contributed by atoms with Gasteiger partial charge in [0.2, 0.25) is 0 Å². The van der Waals surface area contributed by atoms with Crippen molar-refractivity contribution in [3.05, 3.63) is 24.0 Å². The van der Waals surface area contributed by atoms with E-state index in [4.69, 9.17) is 14.6 Å². The predicted octanol–water partition coefficient (Wildman–Crippen LogP) is 1.91. The van der Waals surface area contributed by atoms with Crippen LogP contribution in [0, 0.1) is 0 Å². The Morgan fingerprint density at radius 1 is 1.43 bits per heavy atom. The minimum Gasteiger partial charge on any atom is -0.489 e. The molecule has 0 spiro atoms. The summed E-state index contributed by atoms with van der Waals surface area (Å²) in [5.74, 6) is 0.670. The number of nitrogens with one attached hydrogen (secondary N) is 1. The highest BCUT2D eigenvalue weighted by Gasteiger charge is 2.15.